The summed E-state index contributed by atoms with van der Waals surface area (Å²) in [4.78, 5) is 25.5. The number of imidazole rings is 2. The smallest absolute Gasteiger partial charge is 0.254 e. The molecule has 29 heavy (non-hydrogen) atoms. The normalized spacial score (nSPS) is 12.2. The minimum Gasteiger partial charge on any atom is -0.404 e. The fourth-order valence-electron chi connectivity index (χ4n) is 2.90. The van der Waals surface area contributed by atoms with Crippen LogP contribution in [0.5, 0.6) is 0 Å². The number of amides is 1. The number of aliphatic imine (C=N–C) groups is 1. The average Bonchev–Trinajstić information content (AvgIpc) is 3.32. The van der Waals surface area contributed by atoms with Gasteiger partial charge in [-0.25, -0.2) is 9.97 Å². The molecule has 4 aromatic heterocycles. The summed E-state index contributed by atoms with van der Waals surface area (Å²) in [6.07, 6.45) is 9.97. The van der Waals surface area contributed by atoms with Crippen molar-refractivity contribution in [2.24, 2.45) is 10.7 Å². The third-order valence-corrected chi connectivity index (χ3v) is 4.57. The van der Waals surface area contributed by atoms with Crippen molar-refractivity contribution in [3.8, 4) is 0 Å². The quantitative estimate of drug-likeness (QED) is 0.378. The molecule has 0 saturated carbocycles. The van der Waals surface area contributed by atoms with E-state index < -0.39 is 0 Å². The number of nitrogens with zero attached hydrogens (tertiary/aromatic N) is 5. The van der Waals surface area contributed by atoms with Gasteiger partial charge < -0.3 is 19.9 Å². The maximum atomic E-state index is 12.4. The lowest BCUT2D eigenvalue weighted by molar-refractivity contribution is -0.117. The highest BCUT2D eigenvalue weighted by molar-refractivity contribution is 6.30. The Bertz CT molecular complexity index is 1210. The van der Waals surface area contributed by atoms with Crippen LogP contribution >= 0.6 is 11.6 Å². The molecule has 146 valence electrons. The average molecular weight is 408 g/mol. The molecule has 4 heterocycles. The number of fused-ring (bicyclic) bond motifs is 2. The Balaban J connectivity index is 1.38. The highest BCUT2D eigenvalue weighted by atomic mass is 35.5. The Labute approximate surface area is 171 Å². The van der Waals surface area contributed by atoms with Gasteiger partial charge in [0.15, 0.2) is 0 Å². The van der Waals surface area contributed by atoms with Crippen molar-refractivity contribution in [1.82, 2.24) is 24.1 Å². The van der Waals surface area contributed by atoms with Crippen molar-refractivity contribution in [3.63, 3.8) is 0 Å². The van der Waals surface area contributed by atoms with E-state index >= 15 is 0 Å². The second kappa shape index (κ2) is 8.15. The van der Waals surface area contributed by atoms with E-state index in [-0.39, 0.29) is 18.0 Å². The highest BCUT2D eigenvalue weighted by Gasteiger charge is 2.10. The Hall–Kier alpha value is -3.65. The van der Waals surface area contributed by atoms with Gasteiger partial charge in [0.2, 0.25) is 0 Å². The lowest BCUT2D eigenvalue weighted by atomic mass is 10.2. The highest BCUT2D eigenvalue weighted by Crippen LogP contribution is 2.15. The monoisotopic (exact) mass is 407 g/mol. The minimum atomic E-state index is -0.338. The maximum Gasteiger partial charge on any atom is 0.254 e. The number of halogens is 1. The molecule has 4 aromatic rings. The van der Waals surface area contributed by atoms with E-state index in [1.54, 1.807) is 18.5 Å². The molecule has 0 saturated heterocycles. The number of hydrogen-bond acceptors (Lipinski definition) is 5. The van der Waals surface area contributed by atoms with E-state index in [9.17, 15) is 4.79 Å². The molecule has 1 amide bonds. The molecule has 0 bridgehead atoms. The fraction of sp³-hybridized carbons (Fsp3) is 0.100. The van der Waals surface area contributed by atoms with E-state index in [2.05, 4.69) is 20.3 Å². The zero-order chi connectivity index (χ0) is 20.2. The summed E-state index contributed by atoms with van der Waals surface area (Å²) in [5.41, 5.74) is 9.04. The standard InChI is InChI=1S/C20H18ClN7O/c21-15-4-6-28-13-25-17(18(28)7-15)11-24-20(29)14(8-22)9-23-10-16-12-27-5-2-1-3-19(27)26-16/h1-9,12-13H,10-11,22H2,(H,24,29)/b14-8+,23-9?. The number of aromatic nitrogens is 4. The van der Waals surface area contributed by atoms with Crippen molar-refractivity contribution in [2.45, 2.75) is 13.1 Å². The number of hydrogen-bond donors (Lipinski definition) is 2. The Morgan fingerprint density at radius 1 is 1.28 bits per heavy atom. The van der Waals surface area contributed by atoms with Gasteiger partial charge in [-0.1, -0.05) is 17.7 Å². The van der Waals surface area contributed by atoms with E-state index in [0.29, 0.717) is 17.3 Å². The minimum absolute atomic E-state index is 0.243. The van der Waals surface area contributed by atoms with Crippen molar-refractivity contribution in [1.29, 1.82) is 0 Å². The molecule has 0 fully saturated rings. The van der Waals surface area contributed by atoms with Crippen LogP contribution < -0.4 is 11.1 Å². The Morgan fingerprint density at radius 2 is 2.17 bits per heavy atom. The molecule has 0 atom stereocenters. The molecule has 0 radical (unpaired) electrons. The molecule has 8 nitrogen and oxygen atoms in total. The maximum absolute atomic E-state index is 12.4. The first-order valence-corrected chi connectivity index (χ1v) is 9.25. The van der Waals surface area contributed by atoms with Gasteiger partial charge in [0.1, 0.15) is 5.65 Å². The van der Waals surface area contributed by atoms with Crippen LogP contribution in [0.25, 0.3) is 11.2 Å². The van der Waals surface area contributed by atoms with Gasteiger partial charge in [-0.2, -0.15) is 0 Å². The largest absolute Gasteiger partial charge is 0.404 e. The first-order chi connectivity index (χ1) is 14.1. The van der Waals surface area contributed by atoms with Gasteiger partial charge in [-0.05, 0) is 24.3 Å². The number of carbonyl (C=O) groups excluding carboxylic acids is 1. The molecule has 0 aromatic carbocycles. The number of rotatable bonds is 6. The molecule has 9 heteroatoms. The number of nitrogens with two attached hydrogens (primary N) is 1. The topological polar surface area (TPSA) is 102 Å². The molecular weight excluding hydrogens is 390 g/mol. The van der Waals surface area contributed by atoms with E-state index in [4.69, 9.17) is 17.3 Å². The van der Waals surface area contributed by atoms with Gasteiger partial charge in [-0.15, -0.1) is 0 Å². The summed E-state index contributed by atoms with van der Waals surface area (Å²) in [7, 11) is 0. The summed E-state index contributed by atoms with van der Waals surface area (Å²) in [5, 5.41) is 3.40. The van der Waals surface area contributed by atoms with Crippen LogP contribution in [0.2, 0.25) is 5.02 Å². The zero-order valence-corrected chi connectivity index (χ0v) is 16.1. The van der Waals surface area contributed by atoms with Crippen LogP contribution in [0.4, 0.5) is 0 Å². The lowest BCUT2D eigenvalue weighted by Gasteiger charge is -2.04. The van der Waals surface area contributed by atoms with Gasteiger partial charge in [0.05, 0.1) is 41.9 Å². The van der Waals surface area contributed by atoms with Crippen LogP contribution in [0.1, 0.15) is 11.4 Å². The first kappa shape index (κ1) is 18.7. The predicted octanol–water partition coefficient (Wildman–Crippen LogP) is 2.37. The van der Waals surface area contributed by atoms with E-state index in [1.165, 1.54) is 12.4 Å². The van der Waals surface area contributed by atoms with Crippen LogP contribution in [0.3, 0.4) is 0 Å². The third-order valence-electron chi connectivity index (χ3n) is 4.34. The second-order valence-electron chi connectivity index (χ2n) is 6.30. The molecule has 0 aliphatic heterocycles. The van der Waals surface area contributed by atoms with Gasteiger partial charge >= 0.3 is 0 Å². The SMILES string of the molecule is N/C=C(\C=NCc1cn2ccccc2n1)C(=O)NCc1ncn2ccc(Cl)cc12. The molecule has 0 spiro atoms. The second-order valence-corrected chi connectivity index (χ2v) is 6.74. The summed E-state index contributed by atoms with van der Waals surface area (Å²) in [6.45, 7) is 0.587. The summed E-state index contributed by atoms with van der Waals surface area (Å²) < 4.78 is 3.75. The summed E-state index contributed by atoms with van der Waals surface area (Å²) in [5.74, 6) is -0.338. The van der Waals surface area contributed by atoms with Crippen LogP contribution in [0.15, 0.2) is 72.0 Å². The summed E-state index contributed by atoms with van der Waals surface area (Å²) >= 11 is 6.04. The van der Waals surface area contributed by atoms with Crippen LogP contribution in [-0.2, 0) is 17.9 Å². The van der Waals surface area contributed by atoms with E-state index in [0.717, 1.165) is 16.9 Å². The summed E-state index contributed by atoms with van der Waals surface area (Å²) in [6, 6.07) is 9.34. The number of pyridine rings is 2. The Kier molecular flexibility index (Phi) is 5.26. The van der Waals surface area contributed by atoms with Crippen molar-refractivity contribution >= 4 is 34.9 Å². The lowest BCUT2D eigenvalue weighted by Crippen LogP contribution is -2.26. The van der Waals surface area contributed by atoms with Crippen molar-refractivity contribution < 1.29 is 4.79 Å². The van der Waals surface area contributed by atoms with Crippen molar-refractivity contribution in [3.05, 3.63) is 83.4 Å². The molecule has 3 N–H and O–H groups in total. The van der Waals surface area contributed by atoms with Crippen LogP contribution in [0, 0.1) is 0 Å². The van der Waals surface area contributed by atoms with E-state index in [1.807, 2.05) is 45.6 Å². The van der Waals surface area contributed by atoms with Gasteiger partial charge in [-0.3, -0.25) is 9.79 Å². The molecule has 4 rings (SSSR count). The van der Waals surface area contributed by atoms with Gasteiger partial charge in [0, 0.05) is 36.0 Å². The third kappa shape index (κ3) is 4.12. The molecule has 0 unspecified atom stereocenters. The fourth-order valence-corrected chi connectivity index (χ4v) is 3.06. The molecular formula is C20H18ClN7O. The molecule has 0 aliphatic carbocycles. The predicted molar refractivity (Wildman–Crippen MR) is 112 cm³/mol. The van der Waals surface area contributed by atoms with Crippen molar-refractivity contribution in [2.75, 3.05) is 0 Å². The first-order valence-electron chi connectivity index (χ1n) is 8.87. The van der Waals surface area contributed by atoms with Gasteiger partial charge in [0.25, 0.3) is 5.91 Å². The Morgan fingerprint density at radius 3 is 3.00 bits per heavy atom. The molecule has 0 aliphatic rings. The zero-order valence-electron chi connectivity index (χ0n) is 15.4. The van der Waals surface area contributed by atoms with Crippen LogP contribution in [-0.4, -0.2) is 30.9 Å². The number of carbonyl (C=O) groups is 1. The number of nitrogens with one attached hydrogen (secondary N) is 1.